The van der Waals surface area contributed by atoms with Crippen LogP contribution in [0, 0.1) is 0 Å². The van der Waals surface area contributed by atoms with Gasteiger partial charge < -0.3 is 9.67 Å². The van der Waals surface area contributed by atoms with Gasteiger partial charge in [-0.1, -0.05) is 6.92 Å². The molecule has 1 N–H and O–H groups in total. The van der Waals surface area contributed by atoms with Gasteiger partial charge in [-0.25, -0.2) is 4.79 Å². The average Bonchev–Trinajstić information content (AvgIpc) is 2.75. The van der Waals surface area contributed by atoms with Crippen molar-refractivity contribution in [2.24, 2.45) is 0 Å². The number of aromatic nitrogens is 1. The molecule has 0 amide bonds. The second-order valence-electron chi connectivity index (χ2n) is 4.90. The van der Waals surface area contributed by atoms with E-state index in [0.29, 0.717) is 11.1 Å². The molecule has 0 fully saturated rings. The molecule has 0 atom stereocenters. The number of hydrogen-bond acceptors (Lipinski definition) is 2. The average molecular weight is 259 g/mol. The number of hydrogen-bond donors (Lipinski definition) is 1. The maximum atomic E-state index is 11.5. The van der Waals surface area contributed by atoms with Crippen LogP contribution < -0.4 is 0 Å². The number of carbonyl (C=O) groups excluding carboxylic acids is 1. The Morgan fingerprint density at radius 1 is 1.42 bits per heavy atom. The lowest BCUT2D eigenvalue weighted by molar-refractivity contribution is 0.0698. The Labute approximate surface area is 111 Å². The molecular weight excluding hydrogens is 242 g/mol. The van der Waals surface area contributed by atoms with E-state index in [4.69, 9.17) is 0 Å². The first-order chi connectivity index (χ1) is 8.99. The topological polar surface area (TPSA) is 59.3 Å². The van der Waals surface area contributed by atoms with Crippen LogP contribution in [0.3, 0.4) is 0 Å². The fourth-order valence-corrected chi connectivity index (χ4v) is 2.34. The van der Waals surface area contributed by atoms with Gasteiger partial charge in [-0.3, -0.25) is 4.79 Å². The fraction of sp³-hybridized carbons (Fsp3) is 0.333. The summed E-state index contributed by atoms with van der Waals surface area (Å²) >= 11 is 0. The van der Waals surface area contributed by atoms with E-state index in [2.05, 4.69) is 0 Å². The third-order valence-corrected chi connectivity index (χ3v) is 3.34. The number of aldehydes is 1. The Morgan fingerprint density at radius 3 is 2.58 bits per heavy atom. The molecule has 4 nitrogen and oxygen atoms in total. The van der Waals surface area contributed by atoms with E-state index in [0.717, 1.165) is 23.7 Å². The van der Waals surface area contributed by atoms with E-state index in [1.54, 1.807) is 12.3 Å². The van der Waals surface area contributed by atoms with Crippen molar-refractivity contribution in [3.8, 4) is 0 Å². The van der Waals surface area contributed by atoms with Gasteiger partial charge in [-0.05, 0) is 38.0 Å². The minimum atomic E-state index is -0.960. The lowest BCUT2D eigenvalue weighted by atomic mass is 10.0. The van der Waals surface area contributed by atoms with Gasteiger partial charge in [0.2, 0.25) is 0 Å². The maximum absolute atomic E-state index is 11.5. The van der Waals surface area contributed by atoms with E-state index in [1.165, 1.54) is 0 Å². The lowest BCUT2D eigenvalue weighted by Crippen LogP contribution is -2.05. The van der Waals surface area contributed by atoms with Gasteiger partial charge in [-0.2, -0.15) is 0 Å². The zero-order chi connectivity index (χ0) is 14.2. The first-order valence-corrected chi connectivity index (χ1v) is 6.35. The number of aromatic carboxylic acids is 1. The van der Waals surface area contributed by atoms with Crippen LogP contribution >= 0.6 is 0 Å². The molecule has 0 saturated carbocycles. The van der Waals surface area contributed by atoms with Crippen LogP contribution in [0.2, 0.25) is 0 Å². The number of benzene rings is 1. The molecule has 0 spiro atoms. The highest BCUT2D eigenvalue weighted by atomic mass is 16.4. The van der Waals surface area contributed by atoms with Gasteiger partial charge in [0.15, 0.2) is 6.29 Å². The summed E-state index contributed by atoms with van der Waals surface area (Å²) in [5.74, 6) is -0.960. The molecule has 0 aliphatic rings. The number of fused-ring (bicyclic) bond motifs is 1. The molecular formula is C15H17NO3. The van der Waals surface area contributed by atoms with Crippen LogP contribution in [0.25, 0.3) is 10.9 Å². The van der Waals surface area contributed by atoms with Crippen LogP contribution in [0.15, 0.2) is 18.3 Å². The van der Waals surface area contributed by atoms with Crippen LogP contribution in [-0.2, 0) is 6.42 Å². The van der Waals surface area contributed by atoms with E-state index in [9.17, 15) is 14.7 Å². The van der Waals surface area contributed by atoms with Crippen molar-refractivity contribution < 1.29 is 14.7 Å². The molecule has 0 aliphatic heterocycles. The number of carboxylic acids is 1. The lowest BCUT2D eigenvalue weighted by Gasteiger charge is -2.12. The zero-order valence-electron chi connectivity index (χ0n) is 11.3. The van der Waals surface area contributed by atoms with Gasteiger partial charge in [0.25, 0.3) is 0 Å². The molecule has 100 valence electrons. The van der Waals surface area contributed by atoms with Crippen molar-refractivity contribution in [1.29, 1.82) is 0 Å². The van der Waals surface area contributed by atoms with E-state index in [-0.39, 0.29) is 11.6 Å². The first kappa shape index (κ1) is 13.3. The Balaban J connectivity index is 2.93. The summed E-state index contributed by atoms with van der Waals surface area (Å²) in [6, 6.07) is 3.70. The van der Waals surface area contributed by atoms with Crippen molar-refractivity contribution in [2.45, 2.75) is 33.2 Å². The number of carboxylic acid groups (broad SMARTS) is 1. The largest absolute Gasteiger partial charge is 0.478 e. The monoisotopic (exact) mass is 259 g/mol. The van der Waals surface area contributed by atoms with Crippen molar-refractivity contribution in [2.75, 3.05) is 0 Å². The summed E-state index contributed by atoms with van der Waals surface area (Å²) in [4.78, 5) is 22.6. The van der Waals surface area contributed by atoms with Crippen LogP contribution in [0.1, 0.15) is 53.1 Å². The summed E-state index contributed by atoms with van der Waals surface area (Å²) in [5, 5.41) is 10.1. The number of carbonyl (C=O) groups is 2. The molecule has 0 saturated heterocycles. The van der Waals surface area contributed by atoms with Crippen molar-refractivity contribution >= 4 is 23.2 Å². The molecule has 4 heteroatoms. The summed E-state index contributed by atoms with van der Waals surface area (Å²) < 4.78 is 1.85. The summed E-state index contributed by atoms with van der Waals surface area (Å²) in [6.45, 7) is 5.90. The third-order valence-electron chi connectivity index (χ3n) is 3.34. The molecule has 19 heavy (non-hydrogen) atoms. The predicted octanol–water partition coefficient (Wildman–Crippen LogP) is 3.30. The van der Waals surface area contributed by atoms with Gasteiger partial charge in [0.1, 0.15) is 0 Å². The predicted molar refractivity (Wildman–Crippen MR) is 74.0 cm³/mol. The zero-order valence-corrected chi connectivity index (χ0v) is 11.3. The third kappa shape index (κ3) is 2.14. The number of aryl methyl sites for hydroxylation is 1. The molecule has 1 aromatic heterocycles. The normalized spacial score (nSPS) is 11.2. The van der Waals surface area contributed by atoms with Gasteiger partial charge >= 0.3 is 5.97 Å². The van der Waals surface area contributed by atoms with Gasteiger partial charge in [0.05, 0.1) is 11.1 Å². The molecule has 0 unspecified atom stereocenters. The van der Waals surface area contributed by atoms with Crippen LogP contribution in [0.4, 0.5) is 0 Å². The molecule has 1 aromatic carbocycles. The molecule has 2 rings (SSSR count). The summed E-state index contributed by atoms with van der Waals surface area (Å²) in [7, 11) is 0. The Kier molecular flexibility index (Phi) is 3.42. The van der Waals surface area contributed by atoms with Gasteiger partial charge in [0, 0.05) is 23.2 Å². The SMILES string of the molecule is CCc1cc(C(=O)O)c2c(c1)c(C=O)cn2C(C)C. The molecule has 0 bridgehead atoms. The van der Waals surface area contributed by atoms with Crippen LogP contribution in [0.5, 0.6) is 0 Å². The minimum Gasteiger partial charge on any atom is -0.478 e. The standard InChI is InChI=1S/C15H17NO3/c1-4-10-5-12-11(8-17)7-16(9(2)3)14(12)13(6-10)15(18)19/h5-9H,4H2,1-3H3,(H,18,19). The van der Waals surface area contributed by atoms with Crippen LogP contribution in [-0.4, -0.2) is 21.9 Å². The maximum Gasteiger partial charge on any atom is 0.337 e. The highest BCUT2D eigenvalue weighted by Gasteiger charge is 2.18. The van der Waals surface area contributed by atoms with Crippen molar-refractivity contribution in [3.05, 3.63) is 35.0 Å². The Bertz CT molecular complexity index is 653. The quantitative estimate of drug-likeness (QED) is 0.857. The molecule has 0 radical (unpaired) electrons. The Morgan fingerprint density at radius 2 is 2.11 bits per heavy atom. The van der Waals surface area contributed by atoms with Crippen molar-refractivity contribution in [3.63, 3.8) is 0 Å². The second kappa shape index (κ2) is 4.88. The highest BCUT2D eigenvalue weighted by molar-refractivity contribution is 6.08. The number of nitrogens with zero attached hydrogens (tertiary/aromatic N) is 1. The summed E-state index contributed by atoms with van der Waals surface area (Å²) in [6.07, 6.45) is 3.25. The Hall–Kier alpha value is -2.10. The highest BCUT2D eigenvalue weighted by Crippen LogP contribution is 2.28. The van der Waals surface area contributed by atoms with Crippen molar-refractivity contribution in [1.82, 2.24) is 4.57 Å². The molecule has 0 aliphatic carbocycles. The summed E-state index contributed by atoms with van der Waals surface area (Å²) in [5.41, 5.74) is 2.36. The first-order valence-electron chi connectivity index (χ1n) is 6.35. The molecule has 2 aromatic rings. The van der Waals surface area contributed by atoms with Gasteiger partial charge in [-0.15, -0.1) is 0 Å². The van der Waals surface area contributed by atoms with E-state index >= 15 is 0 Å². The second-order valence-corrected chi connectivity index (χ2v) is 4.90. The fourth-order valence-electron chi connectivity index (χ4n) is 2.34. The smallest absolute Gasteiger partial charge is 0.337 e. The van der Waals surface area contributed by atoms with E-state index in [1.807, 2.05) is 31.4 Å². The number of rotatable bonds is 4. The van der Waals surface area contributed by atoms with E-state index < -0.39 is 5.97 Å². The molecule has 1 heterocycles. The minimum absolute atomic E-state index is 0.0989.